The van der Waals surface area contributed by atoms with Crippen LogP contribution >= 0.6 is 11.8 Å². The summed E-state index contributed by atoms with van der Waals surface area (Å²) in [6.07, 6.45) is 0. The molecule has 0 N–H and O–H groups in total. The number of ether oxygens (including phenoxy) is 1. The number of hydrogen-bond donors (Lipinski definition) is 0. The Labute approximate surface area is 135 Å². The Hall–Kier alpha value is -1.78. The third-order valence-electron chi connectivity index (χ3n) is 4.01. The van der Waals surface area contributed by atoms with E-state index >= 15 is 0 Å². The van der Waals surface area contributed by atoms with Gasteiger partial charge in [-0.3, -0.25) is 5.01 Å². The van der Waals surface area contributed by atoms with Gasteiger partial charge in [0, 0.05) is 0 Å². The molecule has 2 aliphatic rings. The lowest BCUT2D eigenvalue weighted by atomic mass is 10.0. The molecule has 2 unspecified atom stereocenters. The van der Waals surface area contributed by atoms with E-state index in [1.54, 1.807) is 0 Å². The highest BCUT2D eigenvalue weighted by molar-refractivity contribution is 8.00. The SMILES string of the molecule is c1ccc(C2=NN3CCOCC3SC2c2ccccc2)cc1. The minimum absolute atomic E-state index is 0.256. The van der Waals surface area contributed by atoms with E-state index in [-0.39, 0.29) is 5.25 Å². The minimum Gasteiger partial charge on any atom is -0.376 e. The average Bonchev–Trinajstić information content (AvgIpc) is 2.62. The summed E-state index contributed by atoms with van der Waals surface area (Å²) in [5.74, 6) is 0. The third-order valence-corrected chi connectivity index (χ3v) is 5.47. The molecule has 4 heteroatoms. The summed E-state index contributed by atoms with van der Waals surface area (Å²) in [7, 11) is 0. The Kier molecular flexibility index (Phi) is 3.87. The molecule has 2 aliphatic heterocycles. The molecule has 0 bridgehead atoms. The van der Waals surface area contributed by atoms with E-state index < -0.39 is 0 Å². The fraction of sp³-hybridized carbons (Fsp3) is 0.278. The molecule has 0 aromatic heterocycles. The second-order valence-electron chi connectivity index (χ2n) is 5.47. The molecule has 2 aromatic rings. The second kappa shape index (κ2) is 6.15. The first-order valence-corrected chi connectivity index (χ1v) is 8.55. The molecule has 0 saturated carbocycles. The monoisotopic (exact) mass is 310 g/mol. The first-order chi connectivity index (χ1) is 10.9. The molecule has 3 nitrogen and oxygen atoms in total. The zero-order chi connectivity index (χ0) is 14.8. The van der Waals surface area contributed by atoms with Crippen LogP contribution in [0.3, 0.4) is 0 Å². The van der Waals surface area contributed by atoms with E-state index in [9.17, 15) is 0 Å². The van der Waals surface area contributed by atoms with Gasteiger partial charge in [-0.15, -0.1) is 11.8 Å². The largest absolute Gasteiger partial charge is 0.376 e. The fourth-order valence-electron chi connectivity index (χ4n) is 2.89. The van der Waals surface area contributed by atoms with Crippen molar-refractivity contribution in [1.82, 2.24) is 5.01 Å². The smallest absolute Gasteiger partial charge is 0.117 e. The number of rotatable bonds is 2. The van der Waals surface area contributed by atoms with Crippen molar-refractivity contribution in [2.24, 2.45) is 5.10 Å². The minimum atomic E-state index is 0.256. The van der Waals surface area contributed by atoms with Gasteiger partial charge < -0.3 is 4.74 Å². The first kappa shape index (κ1) is 13.9. The average molecular weight is 310 g/mol. The van der Waals surface area contributed by atoms with Crippen LogP contribution < -0.4 is 0 Å². The van der Waals surface area contributed by atoms with Crippen molar-refractivity contribution >= 4 is 17.5 Å². The van der Waals surface area contributed by atoms with Crippen molar-refractivity contribution in [1.29, 1.82) is 0 Å². The molecule has 22 heavy (non-hydrogen) atoms. The van der Waals surface area contributed by atoms with Crippen LogP contribution in [0.25, 0.3) is 0 Å². The number of hydrogen-bond acceptors (Lipinski definition) is 4. The Morgan fingerprint density at radius 1 is 1.00 bits per heavy atom. The van der Waals surface area contributed by atoms with E-state index in [0.717, 1.165) is 25.5 Å². The van der Waals surface area contributed by atoms with Gasteiger partial charge in [0.25, 0.3) is 0 Å². The maximum Gasteiger partial charge on any atom is 0.117 e. The fourth-order valence-corrected chi connectivity index (χ4v) is 4.30. The number of thioether (sulfide) groups is 1. The van der Waals surface area contributed by atoms with Crippen LogP contribution in [-0.2, 0) is 4.74 Å². The standard InChI is InChI=1S/C18H18N2OS/c1-3-7-14(8-4-1)17-18(15-9-5-2-6-10-15)22-16-13-21-12-11-20(16)19-17/h1-10,16,18H,11-13H2. The maximum absolute atomic E-state index is 5.63. The van der Waals surface area contributed by atoms with Crippen molar-refractivity contribution in [2.45, 2.75) is 10.6 Å². The molecule has 0 spiro atoms. The summed E-state index contributed by atoms with van der Waals surface area (Å²) < 4.78 is 5.63. The summed E-state index contributed by atoms with van der Waals surface area (Å²) in [5, 5.41) is 7.74. The number of benzene rings is 2. The van der Waals surface area contributed by atoms with Gasteiger partial charge in [0.15, 0.2) is 0 Å². The third kappa shape index (κ3) is 2.64. The predicted molar refractivity (Wildman–Crippen MR) is 91.1 cm³/mol. The molecule has 112 valence electrons. The predicted octanol–water partition coefficient (Wildman–Crippen LogP) is 3.54. The molecule has 2 aromatic carbocycles. The Morgan fingerprint density at radius 3 is 2.50 bits per heavy atom. The summed E-state index contributed by atoms with van der Waals surface area (Å²) >= 11 is 1.94. The topological polar surface area (TPSA) is 24.8 Å². The van der Waals surface area contributed by atoms with Crippen LogP contribution in [0.5, 0.6) is 0 Å². The summed E-state index contributed by atoms with van der Waals surface area (Å²) in [5.41, 5.74) is 3.66. The van der Waals surface area contributed by atoms with Crippen LogP contribution in [0.15, 0.2) is 65.8 Å². The zero-order valence-corrected chi connectivity index (χ0v) is 13.1. The Balaban J connectivity index is 1.77. The molecule has 2 atom stereocenters. The number of nitrogens with zero attached hydrogens (tertiary/aromatic N) is 2. The number of hydrazone groups is 1. The van der Waals surface area contributed by atoms with Crippen molar-refractivity contribution in [3.63, 3.8) is 0 Å². The highest BCUT2D eigenvalue weighted by Gasteiger charge is 2.34. The van der Waals surface area contributed by atoms with Crippen molar-refractivity contribution in [2.75, 3.05) is 19.8 Å². The zero-order valence-electron chi connectivity index (χ0n) is 12.3. The highest BCUT2D eigenvalue weighted by atomic mass is 32.2. The summed E-state index contributed by atoms with van der Waals surface area (Å²) in [6, 6.07) is 21.1. The summed E-state index contributed by atoms with van der Waals surface area (Å²) in [4.78, 5) is 0. The van der Waals surface area contributed by atoms with E-state index in [1.165, 1.54) is 11.1 Å². The van der Waals surface area contributed by atoms with E-state index in [0.29, 0.717) is 5.37 Å². The second-order valence-corrected chi connectivity index (χ2v) is 6.76. The molecular weight excluding hydrogens is 292 g/mol. The van der Waals surface area contributed by atoms with Crippen LogP contribution in [0, 0.1) is 0 Å². The molecule has 4 rings (SSSR count). The molecule has 1 saturated heterocycles. The van der Waals surface area contributed by atoms with Crippen LogP contribution in [0.1, 0.15) is 16.4 Å². The lowest BCUT2D eigenvalue weighted by Gasteiger charge is -2.40. The van der Waals surface area contributed by atoms with Crippen LogP contribution in [0.4, 0.5) is 0 Å². The Morgan fingerprint density at radius 2 is 1.73 bits per heavy atom. The van der Waals surface area contributed by atoms with Crippen LogP contribution in [0.2, 0.25) is 0 Å². The van der Waals surface area contributed by atoms with Crippen molar-refractivity contribution < 1.29 is 4.74 Å². The van der Waals surface area contributed by atoms with E-state index in [4.69, 9.17) is 9.84 Å². The molecule has 2 heterocycles. The normalized spacial score (nSPS) is 24.5. The molecule has 0 radical (unpaired) electrons. The van der Waals surface area contributed by atoms with Gasteiger partial charge in [-0.2, -0.15) is 5.10 Å². The lowest BCUT2D eigenvalue weighted by Crippen LogP contribution is -2.44. The van der Waals surface area contributed by atoms with E-state index in [2.05, 4.69) is 65.7 Å². The number of morpholine rings is 1. The Bertz CT molecular complexity index is 659. The molecule has 1 fully saturated rings. The van der Waals surface area contributed by atoms with Gasteiger partial charge in [-0.25, -0.2) is 0 Å². The van der Waals surface area contributed by atoms with Crippen molar-refractivity contribution in [3.05, 3.63) is 71.8 Å². The van der Waals surface area contributed by atoms with Crippen molar-refractivity contribution in [3.8, 4) is 0 Å². The van der Waals surface area contributed by atoms with Crippen LogP contribution in [-0.4, -0.2) is 35.9 Å². The summed E-state index contributed by atoms with van der Waals surface area (Å²) in [6.45, 7) is 2.38. The van der Waals surface area contributed by atoms with Gasteiger partial charge in [-0.1, -0.05) is 60.7 Å². The van der Waals surface area contributed by atoms with Gasteiger partial charge >= 0.3 is 0 Å². The van der Waals surface area contributed by atoms with Gasteiger partial charge in [-0.05, 0) is 11.1 Å². The van der Waals surface area contributed by atoms with Gasteiger partial charge in [0.05, 0.1) is 30.7 Å². The van der Waals surface area contributed by atoms with Gasteiger partial charge in [0.1, 0.15) is 5.37 Å². The number of fused-ring (bicyclic) bond motifs is 1. The quantitative estimate of drug-likeness (QED) is 0.848. The first-order valence-electron chi connectivity index (χ1n) is 7.60. The van der Waals surface area contributed by atoms with E-state index in [1.807, 2.05) is 11.8 Å². The molecule has 0 aliphatic carbocycles. The lowest BCUT2D eigenvalue weighted by molar-refractivity contribution is 0.0250. The molecule has 0 amide bonds. The highest BCUT2D eigenvalue weighted by Crippen LogP contribution is 2.41. The molecular formula is C18H18N2OS. The van der Waals surface area contributed by atoms with Gasteiger partial charge in [0.2, 0.25) is 0 Å². The maximum atomic E-state index is 5.63.